The SMILES string of the molecule is COc1ccc(C(c2ccccc2)(c2ccccc2)c2ccccc2)c(C(c2ccccc2)(c2ccccc2)c2ccccc2)c1OC. The van der Waals surface area contributed by atoms with Crippen molar-refractivity contribution in [3.8, 4) is 11.5 Å². The molecule has 0 heterocycles. The van der Waals surface area contributed by atoms with Crippen molar-refractivity contribution in [3.63, 3.8) is 0 Å². The predicted molar refractivity (Wildman–Crippen MR) is 196 cm³/mol. The molecule has 0 unspecified atom stereocenters. The number of hydrogen-bond donors (Lipinski definition) is 0. The van der Waals surface area contributed by atoms with E-state index in [9.17, 15) is 0 Å². The highest BCUT2D eigenvalue weighted by atomic mass is 16.5. The standard InChI is InChI=1S/C46H38O2/c1-47-42-34-33-41(45(35-21-9-3-10-22-35,36-23-11-4-12-24-36)37-25-13-5-14-26-37)43(44(42)48-2)46(38-27-15-6-16-28-38,39-29-17-7-18-30-39)40-31-19-8-20-32-40/h3-34H,1-2H3. The minimum Gasteiger partial charge on any atom is -0.493 e. The van der Waals surface area contributed by atoms with Gasteiger partial charge in [-0.25, -0.2) is 0 Å². The van der Waals surface area contributed by atoms with Crippen LogP contribution in [0.4, 0.5) is 0 Å². The average Bonchev–Trinajstić information content (AvgIpc) is 3.18. The molecule has 0 aliphatic heterocycles. The van der Waals surface area contributed by atoms with E-state index in [-0.39, 0.29) is 0 Å². The monoisotopic (exact) mass is 622 g/mol. The second kappa shape index (κ2) is 13.5. The molecule has 0 aliphatic rings. The van der Waals surface area contributed by atoms with Gasteiger partial charge < -0.3 is 9.47 Å². The van der Waals surface area contributed by atoms with Gasteiger partial charge in [0.2, 0.25) is 0 Å². The van der Waals surface area contributed by atoms with Crippen molar-refractivity contribution >= 4 is 0 Å². The molecule has 0 N–H and O–H groups in total. The predicted octanol–water partition coefficient (Wildman–Crippen LogP) is 10.5. The molecule has 0 bridgehead atoms. The fourth-order valence-corrected chi connectivity index (χ4v) is 7.64. The molecular formula is C46H38O2. The lowest BCUT2D eigenvalue weighted by Crippen LogP contribution is -2.39. The molecule has 48 heavy (non-hydrogen) atoms. The summed E-state index contributed by atoms with van der Waals surface area (Å²) >= 11 is 0. The van der Waals surface area contributed by atoms with E-state index in [1.54, 1.807) is 14.2 Å². The van der Waals surface area contributed by atoms with E-state index in [0.717, 1.165) is 44.5 Å². The van der Waals surface area contributed by atoms with E-state index in [1.807, 2.05) is 0 Å². The highest BCUT2D eigenvalue weighted by molar-refractivity contribution is 5.73. The zero-order valence-corrected chi connectivity index (χ0v) is 27.3. The number of benzene rings is 7. The van der Waals surface area contributed by atoms with Crippen LogP contribution >= 0.6 is 0 Å². The van der Waals surface area contributed by atoms with Crippen LogP contribution in [0.15, 0.2) is 194 Å². The average molecular weight is 623 g/mol. The van der Waals surface area contributed by atoms with Crippen LogP contribution in [0.1, 0.15) is 44.5 Å². The van der Waals surface area contributed by atoms with E-state index in [4.69, 9.17) is 9.47 Å². The summed E-state index contributed by atoms with van der Waals surface area (Å²) in [6.07, 6.45) is 0. The Bertz CT molecular complexity index is 1870. The topological polar surface area (TPSA) is 18.5 Å². The first-order chi connectivity index (χ1) is 23.8. The van der Waals surface area contributed by atoms with E-state index in [1.165, 1.54) is 0 Å². The van der Waals surface area contributed by atoms with Gasteiger partial charge in [-0.1, -0.05) is 188 Å². The molecule has 0 aromatic heterocycles. The van der Waals surface area contributed by atoms with Crippen LogP contribution in [0.3, 0.4) is 0 Å². The van der Waals surface area contributed by atoms with E-state index >= 15 is 0 Å². The third-order valence-electron chi connectivity index (χ3n) is 9.57. The molecule has 0 radical (unpaired) electrons. The third-order valence-corrected chi connectivity index (χ3v) is 9.57. The summed E-state index contributed by atoms with van der Waals surface area (Å²) < 4.78 is 12.7. The Morgan fingerprint density at radius 1 is 0.312 bits per heavy atom. The summed E-state index contributed by atoms with van der Waals surface area (Å²) in [5.74, 6) is 1.37. The lowest BCUT2D eigenvalue weighted by atomic mass is 9.57. The largest absolute Gasteiger partial charge is 0.493 e. The van der Waals surface area contributed by atoms with Crippen molar-refractivity contribution in [3.05, 3.63) is 239 Å². The van der Waals surface area contributed by atoms with Crippen LogP contribution in [-0.4, -0.2) is 14.2 Å². The lowest BCUT2D eigenvalue weighted by molar-refractivity contribution is 0.347. The molecule has 7 aromatic rings. The van der Waals surface area contributed by atoms with Crippen molar-refractivity contribution < 1.29 is 9.47 Å². The van der Waals surface area contributed by atoms with Gasteiger partial charge in [-0.05, 0) is 45.0 Å². The summed E-state index contributed by atoms with van der Waals surface area (Å²) in [6.45, 7) is 0. The normalized spacial score (nSPS) is 11.5. The molecule has 2 nitrogen and oxygen atoms in total. The molecule has 0 saturated heterocycles. The maximum absolute atomic E-state index is 6.56. The zero-order valence-electron chi connectivity index (χ0n) is 27.3. The van der Waals surface area contributed by atoms with Gasteiger partial charge >= 0.3 is 0 Å². The summed E-state index contributed by atoms with van der Waals surface area (Å²) in [6, 6.07) is 69.3. The lowest BCUT2D eigenvalue weighted by Gasteiger charge is -2.44. The highest BCUT2D eigenvalue weighted by Gasteiger charge is 2.49. The molecule has 0 aliphatic carbocycles. The Labute approximate surface area is 283 Å². The molecule has 2 heteroatoms. The van der Waals surface area contributed by atoms with Crippen molar-refractivity contribution in [1.29, 1.82) is 0 Å². The van der Waals surface area contributed by atoms with Gasteiger partial charge in [0.1, 0.15) is 0 Å². The minimum atomic E-state index is -0.817. The molecule has 7 aromatic carbocycles. The Hall–Kier alpha value is -5.86. The molecule has 0 amide bonds. The molecule has 7 rings (SSSR count). The van der Waals surface area contributed by atoms with Crippen LogP contribution in [0.5, 0.6) is 11.5 Å². The quantitative estimate of drug-likeness (QED) is 0.141. The highest BCUT2D eigenvalue weighted by Crippen LogP contribution is 2.57. The third kappa shape index (κ3) is 4.98. The first-order valence-electron chi connectivity index (χ1n) is 16.3. The maximum Gasteiger partial charge on any atom is 0.165 e. The van der Waals surface area contributed by atoms with Gasteiger partial charge in [-0.2, -0.15) is 0 Å². The van der Waals surface area contributed by atoms with Gasteiger partial charge in [0.25, 0.3) is 0 Å². The van der Waals surface area contributed by atoms with Crippen molar-refractivity contribution in [1.82, 2.24) is 0 Å². The molecule has 234 valence electrons. The van der Waals surface area contributed by atoms with Crippen molar-refractivity contribution in [2.45, 2.75) is 10.8 Å². The van der Waals surface area contributed by atoms with Gasteiger partial charge in [0.05, 0.1) is 25.0 Å². The van der Waals surface area contributed by atoms with E-state index in [0.29, 0.717) is 11.5 Å². The van der Waals surface area contributed by atoms with Crippen LogP contribution in [-0.2, 0) is 10.8 Å². The molecule has 0 fully saturated rings. The van der Waals surface area contributed by atoms with E-state index in [2.05, 4.69) is 194 Å². The Balaban J connectivity index is 1.79. The van der Waals surface area contributed by atoms with E-state index < -0.39 is 10.8 Å². The van der Waals surface area contributed by atoms with Crippen LogP contribution in [0.2, 0.25) is 0 Å². The number of methoxy groups -OCH3 is 2. The summed E-state index contributed by atoms with van der Waals surface area (Å²) in [7, 11) is 3.47. The molecular weight excluding hydrogens is 585 g/mol. The fourth-order valence-electron chi connectivity index (χ4n) is 7.64. The Kier molecular flexibility index (Phi) is 8.64. The molecule has 0 saturated carbocycles. The van der Waals surface area contributed by atoms with Crippen LogP contribution in [0, 0.1) is 0 Å². The summed E-state index contributed by atoms with van der Waals surface area (Å²) in [5.41, 5.74) is 7.38. The maximum atomic E-state index is 6.56. The second-order valence-electron chi connectivity index (χ2n) is 11.9. The smallest absolute Gasteiger partial charge is 0.165 e. The number of hydrogen-bond acceptors (Lipinski definition) is 2. The minimum absolute atomic E-state index is 0.673. The molecule has 0 spiro atoms. The fraction of sp³-hybridized carbons (Fsp3) is 0.0870. The first kappa shape index (κ1) is 30.8. The van der Waals surface area contributed by atoms with Gasteiger partial charge in [0, 0.05) is 5.56 Å². The number of rotatable bonds is 10. The second-order valence-corrected chi connectivity index (χ2v) is 11.9. The van der Waals surface area contributed by atoms with Crippen molar-refractivity contribution in [2.24, 2.45) is 0 Å². The Morgan fingerprint density at radius 3 is 0.875 bits per heavy atom. The van der Waals surface area contributed by atoms with Crippen LogP contribution < -0.4 is 9.47 Å². The summed E-state index contributed by atoms with van der Waals surface area (Å²) in [4.78, 5) is 0. The number of ether oxygens (including phenoxy) is 2. The summed E-state index contributed by atoms with van der Waals surface area (Å²) in [5, 5.41) is 0. The van der Waals surface area contributed by atoms with Gasteiger partial charge in [-0.15, -0.1) is 0 Å². The zero-order chi connectivity index (χ0) is 32.8. The van der Waals surface area contributed by atoms with Gasteiger partial charge in [-0.3, -0.25) is 0 Å². The van der Waals surface area contributed by atoms with Crippen molar-refractivity contribution in [2.75, 3.05) is 14.2 Å². The Morgan fingerprint density at radius 2 is 0.604 bits per heavy atom. The first-order valence-corrected chi connectivity index (χ1v) is 16.3. The van der Waals surface area contributed by atoms with Gasteiger partial charge in [0.15, 0.2) is 11.5 Å². The van der Waals surface area contributed by atoms with Crippen LogP contribution in [0.25, 0.3) is 0 Å². The molecule has 0 atom stereocenters.